The van der Waals surface area contributed by atoms with Gasteiger partial charge >= 0.3 is 11.9 Å². The van der Waals surface area contributed by atoms with Gasteiger partial charge in [0.05, 0.1) is 6.07 Å². The Balaban J connectivity index is 0.000000604. The van der Waals surface area contributed by atoms with Gasteiger partial charge in [-0.25, -0.2) is 0 Å². The number of benzene rings is 2. The fourth-order valence-electron chi connectivity index (χ4n) is 4.47. The molecule has 3 rings (SSSR count). The van der Waals surface area contributed by atoms with Gasteiger partial charge in [-0.2, -0.15) is 5.26 Å². The first-order chi connectivity index (χ1) is 16.0. The van der Waals surface area contributed by atoms with Crippen molar-refractivity contribution >= 4 is 35.1 Å². The van der Waals surface area contributed by atoms with E-state index in [9.17, 15) is 20.0 Å². The molecular formula is C26H27Cl2NO5. The number of nitrogens with zero attached hydrogens (tertiary/aromatic N) is 1. The molecule has 180 valence electrons. The van der Waals surface area contributed by atoms with Gasteiger partial charge < -0.3 is 14.9 Å². The number of para-hydroxylation sites is 1. The molecule has 2 N–H and O–H groups in total. The lowest BCUT2D eigenvalue weighted by molar-refractivity contribution is -0.145. The van der Waals surface area contributed by atoms with Gasteiger partial charge in [-0.3, -0.25) is 9.59 Å². The summed E-state index contributed by atoms with van der Waals surface area (Å²) >= 11 is 11.6. The summed E-state index contributed by atoms with van der Waals surface area (Å²) in [5.41, 5.74) is -2.76. The van der Waals surface area contributed by atoms with Crippen molar-refractivity contribution in [1.82, 2.24) is 0 Å². The normalized spacial score (nSPS) is 21.8. The number of hydrogen-bond acceptors (Lipinski definition) is 4. The van der Waals surface area contributed by atoms with E-state index in [0.29, 0.717) is 17.9 Å². The highest BCUT2D eigenvalue weighted by molar-refractivity contribution is 6.56. The number of rotatable bonds is 8. The monoisotopic (exact) mass is 503 g/mol. The molecule has 2 atom stereocenters. The average Bonchev–Trinajstić information content (AvgIpc) is 3.17. The molecule has 0 radical (unpaired) electrons. The van der Waals surface area contributed by atoms with Crippen molar-refractivity contribution in [2.24, 2.45) is 16.2 Å². The Kier molecular flexibility index (Phi) is 8.77. The maximum Gasteiger partial charge on any atom is 0.312 e. The molecule has 6 nitrogen and oxygen atoms in total. The average molecular weight is 504 g/mol. The van der Waals surface area contributed by atoms with Crippen LogP contribution in [-0.4, -0.2) is 22.2 Å². The number of carbonyl (C=O) groups is 2. The summed E-state index contributed by atoms with van der Waals surface area (Å²) in [7, 11) is 0. The zero-order chi connectivity index (χ0) is 25.6. The number of allylic oxidation sites excluding steroid dienone is 1. The van der Waals surface area contributed by atoms with Gasteiger partial charge in [0.2, 0.25) is 0 Å². The number of carboxylic acids is 2. The van der Waals surface area contributed by atoms with E-state index in [1.165, 1.54) is 6.08 Å². The van der Waals surface area contributed by atoms with Crippen molar-refractivity contribution in [3.63, 3.8) is 0 Å². The van der Waals surface area contributed by atoms with E-state index in [4.69, 9.17) is 33.0 Å². The molecule has 0 aliphatic heterocycles. The van der Waals surface area contributed by atoms with Crippen molar-refractivity contribution in [2.45, 2.75) is 40.0 Å². The van der Waals surface area contributed by atoms with Crippen molar-refractivity contribution in [3.8, 4) is 17.6 Å². The van der Waals surface area contributed by atoms with Gasteiger partial charge in [-0.15, -0.1) is 0 Å². The van der Waals surface area contributed by atoms with Crippen LogP contribution in [0.5, 0.6) is 11.5 Å². The summed E-state index contributed by atoms with van der Waals surface area (Å²) in [6.45, 7) is 5.35. The van der Waals surface area contributed by atoms with E-state index in [1.54, 1.807) is 32.0 Å². The second-order valence-electron chi connectivity index (χ2n) is 8.57. The van der Waals surface area contributed by atoms with E-state index in [2.05, 4.69) is 6.07 Å². The zero-order valence-electron chi connectivity index (χ0n) is 19.2. The number of carboxylic acid groups (broad SMARTS) is 2. The Morgan fingerprint density at radius 1 is 1.06 bits per heavy atom. The molecule has 0 bridgehead atoms. The largest absolute Gasteiger partial charge is 0.481 e. The Hall–Kier alpha value is -3.01. The number of hydrogen-bond donors (Lipinski definition) is 2. The minimum absolute atomic E-state index is 0.112. The third-order valence-electron chi connectivity index (χ3n) is 6.34. The SMILES string of the molecule is CC1(C)[C@](Cc2cccc(Oc3ccccc3)c2)(C(=O)O)[C@]1(C#N)C=C(Cl)Cl.CCCC(=O)O. The topological polar surface area (TPSA) is 108 Å². The Labute approximate surface area is 209 Å². The molecule has 1 aliphatic carbocycles. The molecular weight excluding hydrogens is 477 g/mol. The highest BCUT2D eigenvalue weighted by atomic mass is 35.5. The minimum atomic E-state index is -1.35. The molecule has 0 heterocycles. The molecule has 0 spiro atoms. The number of nitriles is 1. The van der Waals surface area contributed by atoms with Crippen LogP contribution in [0.1, 0.15) is 39.2 Å². The molecule has 0 unspecified atom stereocenters. The van der Waals surface area contributed by atoms with E-state index in [0.717, 1.165) is 12.0 Å². The van der Waals surface area contributed by atoms with Crippen LogP contribution in [0.4, 0.5) is 0 Å². The summed E-state index contributed by atoms with van der Waals surface area (Å²) in [6, 6.07) is 18.7. The van der Waals surface area contributed by atoms with Gasteiger partial charge in [0.1, 0.15) is 26.8 Å². The lowest BCUT2D eigenvalue weighted by atomic mass is 9.86. The Morgan fingerprint density at radius 3 is 2.15 bits per heavy atom. The zero-order valence-corrected chi connectivity index (χ0v) is 20.7. The molecule has 0 aromatic heterocycles. The van der Waals surface area contributed by atoms with Crippen molar-refractivity contribution < 1.29 is 24.5 Å². The predicted octanol–water partition coefficient (Wildman–Crippen LogP) is 6.83. The van der Waals surface area contributed by atoms with Crippen LogP contribution in [0, 0.1) is 27.6 Å². The summed E-state index contributed by atoms with van der Waals surface area (Å²) in [4.78, 5) is 21.9. The molecule has 2 aromatic rings. The molecule has 0 amide bonds. The molecule has 8 heteroatoms. The Morgan fingerprint density at radius 2 is 1.68 bits per heavy atom. The first kappa shape index (κ1) is 27.2. The number of ether oxygens (including phenoxy) is 1. The van der Waals surface area contributed by atoms with Crippen LogP contribution in [-0.2, 0) is 16.0 Å². The first-order valence-corrected chi connectivity index (χ1v) is 11.4. The fourth-order valence-corrected chi connectivity index (χ4v) is 4.80. The number of aliphatic carboxylic acids is 2. The summed E-state index contributed by atoms with van der Waals surface area (Å²) in [5, 5.41) is 27.9. The standard InChI is InChI=1S/C22H19Cl2NO3.C4H8O2/c1-20(2)21(14-25,13-18(23)24)22(20,19(26)27)12-15-7-6-10-17(11-15)28-16-8-4-3-5-9-16;1-2-3-4(5)6/h3-11,13H,12H2,1-2H3,(H,26,27);2-3H2,1H3,(H,5,6)/t21-,22-;/m0./s1. The van der Waals surface area contributed by atoms with Crippen molar-refractivity contribution in [2.75, 3.05) is 0 Å². The van der Waals surface area contributed by atoms with Crippen LogP contribution >= 0.6 is 23.2 Å². The van der Waals surface area contributed by atoms with Gasteiger partial charge in [0.25, 0.3) is 0 Å². The fraction of sp³-hybridized carbons (Fsp3) is 0.346. The van der Waals surface area contributed by atoms with Gasteiger partial charge in [-0.05, 0) is 48.7 Å². The molecule has 1 aliphatic rings. The predicted molar refractivity (Wildman–Crippen MR) is 131 cm³/mol. The van der Waals surface area contributed by atoms with Gasteiger partial charge in [0.15, 0.2) is 0 Å². The highest BCUT2D eigenvalue weighted by Gasteiger charge is 2.86. The third-order valence-corrected chi connectivity index (χ3v) is 6.56. The van der Waals surface area contributed by atoms with E-state index >= 15 is 0 Å². The van der Waals surface area contributed by atoms with Crippen molar-refractivity contribution in [1.29, 1.82) is 5.26 Å². The maximum atomic E-state index is 12.3. The van der Waals surface area contributed by atoms with Gasteiger partial charge in [0, 0.05) is 11.8 Å². The Bertz CT molecular complexity index is 1110. The number of halogens is 2. The molecule has 34 heavy (non-hydrogen) atoms. The molecule has 2 aromatic carbocycles. The van der Waals surface area contributed by atoms with Crippen LogP contribution in [0.15, 0.2) is 65.2 Å². The highest BCUT2D eigenvalue weighted by Crippen LogP contribution is 2.80. The summed E-state index contributed by atoms with van der Waals surface area (Å²) in [6.07, 6.45) is 2.52. The first-order valence-electron chi connectivity index (χ1n) is 10.7. The quantitative estimate of drug-likeness (QED) is 0.408. The van der Waals surface area contributed by atoms with Crippen molar-refractivity contribution in [3.05, 3.63) is 70.7 Å². The molecule has 1 fully saturated rings. The molecule has 0 saturated heterocycles. The smallest absolute Gasteiger partial charge is 0.312 e. The maximum absolute atomic E-state index is 12.3. The van der Waals surface area contributed by atoms with E-state index in [1.807, 2.05) is 43.3 Å². The third kappa shape index (κ3) is 5.22. The van der Waals surface area contributed by atoms with E-state index in [-0.39, 0.29) is 10.9 Å². The summed E-state index contributed by atoms with van der Waals surface area (Å²) in [5.74, 6) is -0.490. The van der Waals surface area contributed by atoms with Crippen LogP contribution in [0.3, 0.4) is 0 Å². The minimum Gasteiger partial charge on any atom is -0.481 e. The molecule has 1 saturated carbocycles. The van der Waals surface area contributed by atoms with Gasteiger partial charge in [-0.1, -0.05) is 74.3 Å². The summed E-state index contributed by atoms with van der Waals surface area (Å²) < 4.78 is 5.73. The van der Waals surface area contributed by atoms with Crippen LogP contribution < -0.4 is 4.74 Å². The lowest BCUT2D eigenvalue weighted by Gasteiger charge is -2.16. The van der Waals surface area contributed by atoms with Crippen LogP contribution in [0.25, 0.3) is 0 Å². The second kappa shape index (κ2) is 10.9. The van der Waals surface area contributed by atoms with Crippen LogP contribution in [0.2, 0.25) is 0 Å². The second-order valence-corrected chi connectivity index (χ2v) is 9.58. The van der Waals surface area contributed by atoms with E-state index < -0.39 is 28.2 Å². The lowest BCUT2D eigenvalue weighted by Crippen LogP contribution is -2.26.